The van der Waals surface area contributed by atoms with Crippen LogP contribution in [0.25, 0.3) is 0 Å². The van der Waals surface area contributed by atoms with Gasteiger partial charge in [-0.3, -0.25) is 4.79 Å². The molecule has 3 rings (SSSR count). The Kier molecular flexibility index (Phi) is 4.72. The van der Waals surface area contributed by atoms with E-state index in [-0.39, 0.29) is 10.8 Å². The summed E-state index contributed by atoms with van der Waals surface area (Å²) < 4.78 is 26.6. The second-order valence-electron chi connectivity index (χ2n) is 5.18. The fourth-order valence-electron chi connectivity index (χ4n) is 2.43. The van der Waals surface area contributed by atoms with Crippen LogP contribution in [0.3, 0.4) is 0 Å². The molecule has 0 saturated carbocycles. The van der Waals surface area contributed by atoms with Crippen molar-refractivity contribution in [2.45, 2.75) is 17.7 Å². The number of halogens is 1. The van der Waals surface area contributed by atoms with Gasteiger partial charge in [-0.15, -0.1) is 11.3 Å². The third kappa shape index (κ3) is 3.42. The molecule has 0 atom stereocenters. The number of nitrogens with one attached hydrogen (secondary N) is 1. The van der Waals surface area contributed by atoms with Gasteiger partial charge in [0.1, 0.15) is 0 Å². The van der Waals surface area contributed by atoms with Crippen LogP contribution < -0.4 is 5.32 Å². The summed E-state index contributed by atoms with van der Waals surface area (Å²) in [5, 5.41) is 4.77. The summed E-state index contributed by atoms with van der Waals surface area (Å²) in [5.74, 6) is -0.308. The zero-order valence-electron chi connectivity index (χ0n) is 12.2. The summed E-state index contributed by atoms with van der Waals surface area (Å²) in [6, 6.07) is 7.85. The van der Waals surface area contributed by atoms with Crippen LogP contribution in [0.15, 0.2) is 40.6 Å². The Bertz CT molecular complexity index is 813. The number of hydrogen-bond donors (Lipinski definition) is 1. The molecule has 0 aliphatic carbocycles. The molecule has 23 heavy (non-hydrogen) atoms. The second-order valence-corrected chi connectivity index (χ2v) is 8.48. The molecule has 1 aliphatic heterocycles. The maximum atomic E-state index is 12.6. The standard InChI is InChI=1S/C15H15ClN2O3S2/c16-12-6-5-11(23(20,21)18-7-1-2-8-18)10-13(12)17-15(19)14-4-3-9-22-14/h3-6,9-10H,1-2,7-8H2,(H,17,19). The molecule has 1 aromatic carbocycles. The van der Waals surface area contributed by atoms with E-state index in [1.165, 1.54) is 33.8 Å². The number of hydrogen-bond acceptors (Lipinski definition) is 4. The largest absolute Gasteiger partial charge is 0.320 e. The quantitative estimate of drug-likeness (QED) is 0.896. The van der Waals surface area contributed by atoms with E-state index < -0.39 is 10.0 Å². The normalized spacial score (nSPS) is 15.7. The van der Waals surface area contributed by atoms with Gasteiger partial charge in [0.05, 0.1) is 20.5 Å². The van der Waals surface area contributed by atoms with Crippen LogP contribution in [0.2, 0.25) is 5.02 Å². The lowest BCUT2D eigenvalue weighted by Crippen LogP contribution is -2.28. The van der Waals surface area contributed by atoms with E-state index in [0.717, 1.165) is 12.8 Å². The van der Waals surface area contributed by atoms with E-state index in [0.29, 0.717) is 28.7 Å². The zero-order chi connectivity index (χ0) is 16.4. The van der Waals surface area contributed by atoms with Gasteiger partial charge in [0, 0.05) is 13.1 Å². The van der Waals surface area contributed by atoms with E-state index in [1.807, 2.05) is 0 Å². The molecule has 0 radical (unpaired) electrons. The molecule has 1 aromatic heterocycles. The molecule has 0 spiro atoms. The van der Waals surface area contributed by atoms with Gasteiger partial charge in [0.25, 0.3) is 5.91 Å². The molecular weight excluding hydrogens is 356 g/mol. The maximum absolute atomic E-state index is 12.6. The van der Waals surface area contributed by atoms with E-state index in [4.69, 9.17) is 11.6 Å². The minimum atomic E-state index is -3.54. The van der Waals surface area contributed by atoms with Gasteiger partial charge in [-0.25, -0.2) is 8.42 Å². The third-order valence-corrected chi connectivity index (χ3v) is 6.73. The van der Waals surface area contributed by atoms with Crippen LogP contribution in [0, 0.1) is 0 Å². The van der Waals surface area contributed by atoms with Crippen LogP contribution >= 0.6 is 22.9 Å². The van der Waals surface area contributed by atoms with E-state index >= 15 is 0 Å². The lowest BCUT2D eigenvalue weighted by atomic mass is 10.3. The number of carbonyl (C=O) groups is 1. The summed E-state index contributed by atoms with van der Waals surface area (Å²) in [4.78, 5) is 12.8. The average Bonchev–Trinajstić information content (AvgIpc) is 3.23. The van der Waals surface area contributed by atoms with Crippen molar-refractivity contribution in [1.29, 1.82) is 0 Å². The summed E-state index contributed by atoms with van der Waals surface area (Å²) >= 11 is 7.40. The topological polar surface area (TPSA) is 66.5 Å². The Balaban J connectivity index is 1.88. The van der Waals surface area contributed by atoms with Crippen molar-refractivity contribution in [3.05, 3.63) is 45.6 Å². The molecule has 1 amide bonds. The number of carbonyl (C=O) groups excluding carboxylic acids is 1. The zero-order valence-corrected chi connectivity index (χ0v) is 14.5. The minimum absolute atomic E-state index is 0.144. The number of sulfonamides is 1. The number of nitrogens with zero attached hydrogens (tertiary/aromatic N) is 1. The Hall–Kier alpha value is -1.41. The Morgan fingerprint density at radius 2 is 1.96 bits per heavy atom. The van der Waals surface area contributed by atoms with Crippen molar-refractivity contribution in [1.82, 2.24) is 4.31 Å². The van der Waals surface area contributed by atoms with Crippen molar-refractivity contribution in [3.63, 3.8) is 0 Å². The first-order valence-electron chi connectivity index (χ1n) is 7.13. The van der Waals surface area contributed by atoms with E-state index in [2.05, 4.69) is 5.32 Å². The first-order chi connectivity index (χ1) is 11.0. The Morgan fingerprint density at radius 3 is 2.61 bits per heavy atom. The van der Waals surface area contributed by atoms with Crippen molar-refractivity contribution in [2.75, 3.05) is 18.4 Å². The number of anilines is 1. The SMILES string of the molecule is O=C(Nc1cc(S(=O)(=O)N2CCCC2)ccc1Cl)c1cccs1. The third-order valence-electron chi connectivity index (χ3n) is 3.63. The predicted molar refractivity (Wildman–Crippen MR) is 91.7 cm³/mol. The number of rotatable bonds is 4. The highest BCUT2D eigenvalue weighted by atomic mass is 35.5. The monoisotopic (exact) mass is 370 g/mol. The van der Waals surface area contributed by atoms with Gasteiger partial charge < -0.3 is 5.32 Å². The predicted octanol–water partition coefficient (Wildman–Crippen LogP) is 3.44. The van der Waals surface area contributed by atoms with Crippen molar-refractivity contribution < 1.29 is 13.2 Å². The molecule has 1 N–H and O–H groups in total. The first kappa shape index (κ1) is 16.4. The second kappa shape index (κ2) is 6.60. The molecule has 2 heterocycles. The number of thiophene rings is 1. The summed E-state index contributed by atoms with van der Waals surface area (Å²) in [5.41, 5.74) is 0.297. The van der Waals surface area contributed by atoms with E-state index in [9.17, 15) is 13.2 Å². The van der Waals surface area contributed by atoms with E-state index in [1.54, 1.807) is 17.5 Å². The Labute approximate surface area is 143 Å². The van der Waals surface area contributed by atoms with Crippen molar-refractivity contribution in [2.24, 2.45) is 0 Å². The molecule has 8 heteroatoms. The smallest absolute Gasteiger partial charge is 0.265 e. The summed E-state index contributed by atoms with van der Waals surface area (Å²) in [7, 11) is -3.54. The Morgan fingerprint density at radius 1 is 1.22 bits per heavy atom. The minimum Gasteiger partial charge on any atom is -0.320 e. The summed E-state index contributed by atoms with van der Waals surface area (Å²) in [6.45, 7) is 1.06. The molecule has 1 fully saturated rings. The fraction of sp³-hybridized carbons (Fsp3) is 0.267. The molecule has 122 valence electrons. The lowest BCUT2D eigenvalue weighted by Gasteiger charge is -2.16. The highest BCUT2D eigenvalue weighted by Gasteiger charge is 2.27. The van der Waals surface area contributed by atoms with Gasteiger partial charge in [-0.05, 0) is 42.5 Å². The highest BCUT2D eigenvalue weighted by molar-refractivity contribution is 7.89. The van der Waals surface area contributed by atoms with Crippen molar-refractivity contribution >= 4 is 44.6 Å². The first-order valence-corrected chi connectivity index (χ1v) is 9.83. The van der Waals surface area contributed by atoms with Gasteiger partial charge in [-0.2, -0.15) is 4.31 Å². The van der Waals surface area contributed by atoms with Crippen LogP contribution in [0.5, 0.6) is 0 Å². The molecule has 5 nitrogen and oxygen atoms in total. The van der Waals surface area contributed by atoms with Crippen molar-refractivity contribution in [3.8, 4) is 0 Å². The van der Waals surface area contributed by atoms with Crippen LogP contribution in [0.1, 0.15) is 22.5 Å². The summed E-state index contributed by atoms with van der Waals surface area (Å²) in [6.07, 6.45) is 1.74. The average molecular weight is 371 g/mol. The van der Waals surface area contributed by atoms with Crippen LogP contribution in [0.4, 0.5) is 5.69 Å². The molecule has 1 saturated heterocycles. The lowest BCUT2D eigenvalue weighted by molar-refractivity contribution is 0.103. The molecule has 2 aromatic rings. The maximum Gasteiger partial charge on any atom is 0.265 e. The number of benzene rings is 1. The molecular formula is C15H15ClN2O3S2. The fourth-order valence-corrected chi connectivity index (χ4v) is 4.76. The van der Waals surface area contributed by atoms with Gasteiger partial charge >= 0.3 is 0 Å². The van der Waals surface area contributed by atoms with Gasteiger partial charge in [0.2, 0.25) is 10.0 Å². The highest BCUT2D eigenvalue weighted by Crippen LogP contribution is 2.29. The van der Waals surface area contributed by atoms with Crippen LogP contribution in [-0.4, -0.2) is 31.7 Å². The van der Waals surface area contributed by atoms with Crippen LogP contribution in [-0.2, 0) is 10.0 Å². The molecule has 0 unspecified atom stereocenters. The number of amides is 1. The van der Waals surface area contributed by atoms with Gasteiger partial charge in [0.15, 0.2) is 0 Å². The molecule has 1 aliphatic rings. The molecule has 0 bridgehead atoms. The van der Waals surface area contributed by atoms with Gasteiger partial charge in [-0.1, -0.05) is 17.7 Å².